The number of carbonyl (C=O) groups excluding carboxylic acids is 1. The molecule has 0 saturated carbocycles. The number of rotatable bonds is 3. The van der Waals surface area contributed by atoms with Crippen LogP contribution in [0.2, 0.25) is 10.0 Å². The molecule has 0 atom stereocenters. The molecule has 1 aromatic carbocycles. The maximum absolute atomic E-state index is 12.0. The molecule has 0 aliphatic carbocycles. The van der Waals surface area contributed by atoms with Crippen molar-refractivity contribution in [2.24, 2.45) is 0 Å². The van der Waals surface area contributed by atoms with E-state index in [1.807, 2.05) is 12.1 Å². The van der Waals surface area contributed by atoms with E-state index in [-0.39, 0.29) is 5.76 Å². The van der Waals surface area contributed by atoms with E-state index in [0.717, 1.165) is 5.56 Å². The molecule has 0 fully saturated rings. The highest BCUT2D eigenvalue weighted by atomic mass is 35.5. The lowest BCUT2D eigenvalue weighted by atomic mass is 10.2. The first-order chi connectivity index (χ1) is 11.0. The fourth-order valence-corrected chi connectivity index (χ4v) is 2.68. The maximum Gasteiger partial charge on any atom is 0.354 e. The van der Waals surface area contributed by atoms with Crippen LogP contribution in [-0.4, -0.2) is 17.6 Å². The van der Waals surface area contributed by atoms with E-state index in [1.54, 1.807) is 28.8 Å². The minimum atomic E-state index is -0.491. The van der Waals surface area contributed by atoms with Crippen LogP contribution in [-0.2, 0) is 11.3 Å². The fourth-order valence-electron chi connectivity index (χ4n) is 2.36. The number of ether oxygens (including phenoxy) is 1. The molecule has 2 heterocycles. The highest BCUT2D eigenvalue weighted by molar-refractivity contribution is 6.42. The minimum Gasteiger partial charge on any atom is -0.464 e. The third-order valence-electron chi connectivity index (χ3n) is 3.42. The van der Waals surface area contributed by atoms with Gasteiger partial charge in [-0.05, 0) is 17.7 Å². The standard InChI is InChI=1S/C16H10Cl2N2O3/c1-22-16(21)14-6-15-13(5-10(7-19)23-15)20(14)8-9-2-3-11(17)12(18)4-9/h2-6H,8H2,1H3. The Morgan fingerprint density at radius 1 is 1.30 bits per heavy atom. The highest BCUT2D eigenvalue weighted by Gasteiger charge is 2.20. The number of hydrogen-bond acceptors (Lipinski definition) is 4. The van der Waals surface area contributed by atoms with Gasteiger partial charge in [0, 0.05) is 18.7 Å². The summed E-state index contributed by atoms with van der Waals surface area (Å²) in [5.41, 5.74) is 2.26. The first kappa shape index (κ1) is 15.5. The maximum atomic E-state index is 12.0. The molecule has 0 radical (unpaired) electrons. The molecule has 0 aliphatic rings. The van der Waals surface area contributed by atoms with Gasteiger partial charge in [-0.3, -0.25) is 0 Å². The summed E-state index contributed by atoms with van der Waals surface area (Å²) >= 11 is 12.0. The number of methoxy groups -OCH3 is 1. The Morgan fingerprint density at radius 2 is 2.09 bits per heavy atom. The van der Waals surface area contributed by atoms with Crippen molar-refractivity contribution in [1.29, 1.82) is 5.26 Å². The Labute approximate surface area is 141 Å². The van der Waals surface area contributed by atoms with Gasteiger partial charge >= 0.3 is 5.97 Å². The van der Waals surface area contributed by atoms with Gasteiger partial charge in [-0.1, -0.05) is 29.3 Å². The number of esters is 1. The van der Waals surface area contributed by atoms with Crippen LogP contribution in [0, 0.1) is 11.3 Å². The van der Waals surface area contributed by atoms with E-state index in [4.69, 9.17) is 37.6 Å². The van der Waals surface area contributed by atoms with Gasteiger partial charge in [0.1, 0.15) is 11.8 Å². The molecule has 0 N–H and O–H groups in total. The van der Waals surface area contributed by atoms with Crippen LogP contribution in [0.15, 0.2) is 34.7 Å². The lowest BCUT2D eigenvalue weighted by Crippen LogP contribution is -2.11. The molecule has 0 saturated heterocycles. The molecule has 7 heteroatoms. The second-order valence-electron chi connectivity index (χ2n) is 4.83. The zero-order valence-electron chi connectivity index (χ0n) is 12.0. The Hall–Kier alpha value is -2.42. The number of nitrogens with zero attached hydrogens (tertiary/aromatic N) is 2. The van der Waals surface area contributed by atoms with Crippen molar-refractivity contribution in [3.8, 4) is 6.07 Å². The molecule has 116 valence electrons. The van der Waals surface area contributed by atoms with E-state index in [1.165, 1.54) is 7.11 Å². The molecule has 0 amide bonds. The summed E-state index contributed by atoms with van der Waals surface area (Å²) in [6, 6.07) is 10.3. The van der Waals surface area contributed by atoms with Crippen molar-refractivity contribution in [3.05, 3.63) is 57.4 Å². The molecule has 23 heavy (non-hydrogen) atoms. The smallest absolute Gasteiger partial charge is 0.354 e. The van der Waals surface area contributed by atoms with Crippen molar-refractivity contribution in [3.63, 3.8) is 0 Å². The number of aromatic nitrogens is 1. The molecule has 5 nitrogen and oxygen atoms in total. The summed E-state index contributed by atoms with van der Waals surface area (Å²) in [5.74, 6) is -0.315. The average molecular weight is 349 g/mol. The Morgan fingerprint density at radius 3 is 2.74 bits per heavy atom. The summed E-state index contributed by atoms with van der Waals surface area (Å²) in [5, 5.41) is 9.84. The molecular weight excluding hydrogens is 339 g/mol. The number of furan rings is 1. The summed E-state index contributed by atoms with van der Waals surface area (Å²) in [4.78, 5) is 12.0. The van der Waals surface area contributed by atoms with Crippen LogP contribution in [0.25, 0.3) is 11.1 Å². The summed E-state index contributed by atoms with van der Waals surface area (Å²) in [6.07, 6.45) is 0. The number of nitriles is 1. The molecule has 0 spiro atoms. The molecule has 3 rings (SSSR count). The van der Waals surface area contributed by atoms with Crippen molar-refractivity contribution >= 4 is 40.3 Å². The van der Waals surface area contributed by atoms with Crippen LogP contribution < -0.4 is 0 Å². The SMILES string of the molecule is COC(=O)c1cc2oc(C#N)cc2n1Cc1ccc(Cl)c(Cl)c1. The van der Waals surface area contributed by atoms with Gasteiger partial charge < -0.3 is 13.7 Å². The summed E-state index contributed by atoms with van der Waals surface area (Å²) in [6.45, 7) is 0.356. The van der Waals surface area contributed by atoms with Crippen LogP contribution in [0.4, 0.5) is 0 Å². The number of hydrogen-bond donors (Lipinski definition) is 0. The Balaban J connectivity index is 2.12. The molecule has 0 aliphatic heterocycles. The monoisotopic (exact) mass is 348 g/mol. The lowest BCUT2D eigenvalue weighted by Gasteiger charge is -2.09. The van der Waals surface area contributed by atoms with Crippen molar-refractivity contribution in [2.75, 3.05) is 7.11 Å². The van der Waals surface area contributed by atoms with E-state index < -0.39 is 5.97 Å². The molecule has 3 aromatic rings. The first-order valence-electron chi connectivity index (χ1n) is 6.59. The van der Waals surface area contributed by atoms with Crippen LogP contribution >= 0.6 is 23.2 Å². The number of benzene rings is 1. The zero-order valence-corrected chi connectivity index (χ0v) is 13.5. The molecule has 0 bridgehead atoms. The van der Waals surface area contributed by atoms with Gasteiger partial charge in [0.2, 0.25) is 5.76 Å². The van der Waals surface area contributed by atoms with Crippen molar-refractivity contribution < 1.29 is 13.9 Å². The predicted molar refractivity (Wildman–Crippen MR) is 85.8 cm³/mol. The van der Waals surface area contributed by atoms with Gasteiger partial charge in [0.25, 0.3) is 0 Å². The van der Waals surface area contributed by atoms with E-state index in [9.17, 15) is 4.79 Å². The van der Waals surface area contributed by atoms with E-state index >= 15 is 0 Å². The van der Waals surface area contributed by atoms with Crippen LogP contribution in [0.3, 0.4) is 0 Å². The van der Waals surface area contributed by atoms with E-state index in [2.05, 4.69) is 0 Å². The summed E-state index contributed by atoms with van der Waals surface area (Å²) in [7, 11) is 1.31. The molecule has 2 aromatic heterocycles. The van der Waals surface area contributed by atoms with Gasteiger partial charge in [0.15, 0.2) is 5.58 Å². The zero-order chi connectivity index (χ0) is 16.6. The van der Waals surface area contributed by atoms with Crippen LogP contribution in [0.1, 0.15) is 21.8 Å². The van der Waals surface area contributed by atoms with Gasteiger partial charge in [-0.2, -0.15) is 5.26 Å². The third-order valence-corrected chi connectivity index (χ3v) is 4.16. The van der Waals surface area contributed by atoms with Crippen molar-refractivity contribution in [2.45, 2.75) is 6.54 Å². The summed E-state index contributed by atoms with van der Waals surface area (Å²) < 4.78 is 11.9. The largest absolute Gasteiger partial charge is 0.464 e. The Kier molecular flexibility index (Phi) is 4.03. The lowest BCUT2D eigenvalue weighted by molar-refractivity contribution is 0.0589. The van der Waals surface area contributed by atoms with Crippen molar-refractivity contribution in [1.82, 2.24) is 4.57 Å². The minimum absolute atomic E-state index is 0.175. The molecule has 0 unspecified atom stereocenters. The first-order valence-corrected chi connectivity index (χ1v) is 7.34. The normalized spacial score (nSPS) is 10.7. The topological polar surface area (TPSA) is 68.2 Å². The molecular formula is C16H10Cl2N2O3. The Bertz CT molecular complexity index is 950. The van der Waals surface area contributed by atoms with Gasteiger partial charge in [-0.25, -0.2) is 4.79 Å². The number of halogens is 2. The number of carbonyl (C=O) groups is 1. The number of fused-ring (bicyclic) bond motifs is 1. The predicted octanol–water partition coefficient (Wildman–Crippen LogP) is 4.25. The van der Waals surface area contributed by atoms with E-state index in [0.29, 0.717) is 33.4 Å². The average Bonchev–Trinajstić information content (AvgIpc) is 3.09. The fraction of sp³-hybridized carbons (Fsp3) is 0.125. The quantitative estimate of drug-likeness (QED) is 0.663. The second kappa shape index (κ2) is 5.99. The third kappa shape index (κ3) is 2.79. The van der Waals surface area contributed by atoms with Gasteiger partial charge in [-0.15, -0.1) is 0 Å². The van der Waals surface area contributed by atoms with Crippen LogP contribution in [0.5, 0.6) is 0 Å². The second-order valence-corrected chi connectivity index (χ2v) is 5.64. The van der Waals surface area contributed by atoms with Gasteiger partial charge in [0.05, 0.1) is 22.7 Å². The highest BCUT2D eigenvalue weighted by Crippen LogP contribution is 2.27.